The van der Waals surface area contributed by atoms with Crippen molar-refractivity contribution in [2.45, 2.75) is 12.5 Å². The Morgan fingerprint density at radius 1 is 0.556 bits per heavy atom. The van der Waals surface area contributed by atoms with Gasteiger partial charge in [0.2, 0.25) is 0 Å². The summed E-state index contributed by atoms with van der Waals surface area (Å²) in [4.78, 5) is 0. The SMILES string of the molecule is Cc1ccccc1C(O)(c1ccccc1)c1ccccc1-c1ccccc1. The maximum absolute atomic E-state index is 12.2. The Bertz CT molecular complexity index is 1040. The highest BCUT2D eigenvalue weighted by atomic mass is 16.3. The Kier molecular flexibility index (Phi) is 4.62. The van der Waals surface area contributed by atoms with Crippen LogP contribution in [0.5, 0.6) is 0 Å². The molecule has 0 aliphatic carbocycles. The zero-order valence-corrected chi connectivity index (χ0v) is 15.3. The second-order valence-electron chi connectivity index (χ2n) is 6.80. The smallest absolute Gasteiger partial charge is 0.141 e. The van der Waals surface area contributed by atoms with Crippen molar-refractivity contribution in [3.8, 4) is 11.1 Å². The van der Waals surface area contributed by atoms with Crippen LogP contribution in [0.1, 0.15) is 22.3 Å². The summed E-state index contributed by atoms with van der Waals surface area (Å²) in [6.07, 6.45) is 0. The van der Waals surface area contributed by atoms with Crippen LogP contribution in [0.2, 0.25) is 0 Å². The van der Waals surface area contributed by atoms with Gasteiger partial charge < -0.3 is 5.11 Å². The fourth-order valence-corrected chi connectivity index (χ4v) is 3.78. The minimum Gasteiger partial charge on any atom is -0.376 e. The Morgan fingerprint density at radius 2 is 1.07 bits per heavy atom. The van der Waals surface area contributed by atoms with Crippen LogP contribution in [0.15, 0.2) is 109 Å². The van der Waals surface area contributed by atoms with E-state index in [1.165, 1.54) is 0 Å². The molecule has 132 valence electrons. The number of aryl methyl sites for hydroxylation is 1. The van der Waals surface area contributed by atoms with Gasteiger partial charge in [0.1, 0.15) is 5.60 Å². The van der Waals surface area contributed by atoms with E-state index in [2.05, 4.69) is 18.2 Å². The van der Waals surface area contributed by atoms with Crippen LogP contribution >= 0.6 is 0 Å². The van der Waals surface area contributed by atoms with E-state index in [9.17, 15) is 5.11 Å². The standard InChI is InChI=1S/C26H22O/c1-20-12-8-10-18-24(20)26(27,22-15-6-3-7-16-22)25-19-11-9-17-23(25)21-13-4-2-5-14-21/h2-19,27H,1H3. The van der Waals surface area contributed by atoms with E-state index in [0.29, 0.717) is 0 Å². The van der Waals surface area contributed by atoms with Gasteiger partial charge in [0.15, 0.2) is 0 Å². The molecule has 0 aliphatic heterocycles. The molecule has 4 aromatic rings. The molecule has 1 heteroatoms. The van der Waals surface area contributed by atoms with Crippen molar-refractivity contribution in [1.82, 2.24) is 0 Å². The largest absolute Gasteiger partial charge is 0.376 e. The highest BCUT2D eigenvalue weighted by Gasteiger charge is 2.36. The summed E-state index contributed by atoms with van der Waals surface area (Å²) in [6, 6.07) is 36.3. The summed E-state index contributed by atoms with van der Waals surface area (Å²) < 4.78 is 0. The summed E-state index contributed by atoms with van der Waals surface area (Å²) in [6.45, 7) is 2.05. The maximum atomic E-state index is 12.2. The molecule has 0 aliphatic rings. The molecule has 0 saturated carbocycles. The molecular formula is C26H22O. The van der Waals surface area contributed by atoms with Crippen LogP contribution in [0, 0.1) is 6.92 Å². The lowest BCUT2D eigenvalue weighted by Crippen LogP contribution is -2.30. The van der Waals surface area contributed by atoms with Crippen molar-refractivity contribution in [3.05, 3.63) is 131 Å². The molecule has 0 amide bonds. The first kappa shape index (κ1) is 17.3. The van der Waals surface area contributed by atoms with E-state index in [1.54, 1.807) is 0 Å². The molecule has 1 unspecified atom stereocenters. The van der Waals surface area contributed by atoms with Crippen LogP contribution in [0.4, 0.5) is 0 Å². The van der Waals surface area contributed by atoms with Crippen LogP contribution in [0.25, 0.3) is 11.1 Å². The third kappa shape index (κ3) is 3.07. The van der Waals surface area contributed by atoms with Crippen LogP contribution in [-0.4, -0.2) is 5.11 Å². The van der Waals surface area contributed by atoms with Gasteiger partial charge in [0, 0.05) is 5.56 Å². The summed E-state index contributed by atoms with van der Waals surface area (Å²) in [5.74, 6) is 0. The van der Waals surface area contributed by atoms with Gasteiger partial charge in [0.05, 0.1) is 0 Å². The number of benzene rings is 4. The van der Waals surface area contributed by atoms with Gasteiger partial charge in [-0.05, 0) is 34.7 Å². The molecule has 0 radical (unpaired) electrons. The minimum atomic E-state index is -1.24. The van der Waals surface area contributed by atoms with Gasteiger partial charge in [-0.15, -0.1) is 0 Å². The van der Waals surface area contributed by atoms with E-state index in [1.807, 2.05) is 97.9 Å². The predicted molar refractivity (Wildman–Crippen MR) is 112 cm³/mol. The first-order valence-corrected chi connectivity index (χ1v) is 9.20. The van der Waals surface area contributed by atoms with E-state index >= 15 is 0 Å². The molecule has 0 bridgehead atoms. The van der Waals surface area contributed by atoms with Crippen LogP contribution in [0.3, 0.4) is 0 Å². The van der Waals surface area contributed by atoms with E-state index in [4.69, 9.17) is 0 Å². The second-order valence-corrected chi connectivity index (χ2v) is 6.80. The molecule has 4 aromatic carbocycles. The fraction of sp³-hybridized carbons (Fsp3) is 0.0769. The second kappa shape index (κ2) is 7.22. The minimum absolute atomic E-state index is 0.864. The van der Waals surface area contributed by atoms with Gasteiger partial charge in [-0.1, -0.05) is 109 Å². The fourth-order valence-electron chi connectivity index (χ4n) is 3.78. The molecule has 4 rings (SSSR count). The Labute approximate surface area is 160 Å². The summed E-state index contributed by atoms with van der Waals surface area (Å²) >= 11 is 0. The zero-order chi connectivity index (χ0) is 18.7. The van der Waals surface area contributed by atoms with Crippen molar-refractivity contribution < 1.29 is 5.11 Å². The Morgan fingerprint density at radius 3 is 1.74 bits per heavy atom. The first-order valence-electron chi connectivity index (χ1n) is 9.20. The van der Waals surface area contributed by atoms with Crippen LogP contribution < -0.4 is 0 Å². The van der Waals surface area contributed by atoms with Crippen molar-refractivity contribution in [3.63, 3.8) is 0 Å². The summed E-state index contributed by atoms with van der Waals surface area (Å²) in [7, 11) is 0. The molecule has 0 spiro atoms. The number of hydrogen-bond donors (Lipinski definition) is 1. The van der Waals surface area contributed by atoms with E-state index in [0.717, 1.165) is 33.4 Å². The van der Waals surface area contributed by atoms with Gasteiger partial charge in [-0.25, -0.2) is 0 Å². The lowest BCUT2D eigenvalue weighted by molar-refractivity contribution is 0.125. The van der Waals surface area contributed by atoms with E-state index in [-0.39, 0.29) is 0 Å². The number of rotatable bonds is 4. The molecule has 1 N–H and O–H groups in total. The highest BCUT2D eigenvalue weighted by molar-refractivity contribution is 5.71. The molecule has 0 aromatic heterocycles. The molecule has 0 heterocycles. The van der Waals surface area contributed by atoms with Gasteiger partial charge in [0.25, 0.3) is 0 Å². The quantitative estimate of drug-likeness (QED) is 0.451. The summed E-state index contributed by atoms with van der Waals surface area (Å²) in [5, 5.41) is 12.2. The summed E-state index contributed by atoms with van der Waals surface area (Å²) in [5.41, 5.74) is 4.60. The maximum Gasteiger partial charge on any atom is 0.141 e. The lowest BCUT2D eigenvalue weighted by Gasteiger charge is -2.33. The molecule has 0 saturated heterocycles. The van der Waals surface area contributed by atoms with Gasteiger partial charge >= 0.3 is 0 Å². The lowest BCUT2D eigenvalue weighted by atomic mass is 9.76. The average Bonchev–Trinajstić information content (AvgIpc) is 2.75. The van der Waals surface area contributed by atoms with Crippen LogP contribution in [-0.2, 0) is 5.60 Å². The molecule has 0 fully saturated rings. The number of hydrogen-bond acceptors (Lipinski definition) is 1. The van der Waals surface area contributed by atoms with Crippen molar-refractivity contribution in [2.24, 2.45) is 0 Å². The molecular weight excluding hydrogens is 328 g/mol. The highest BCUT2D eigenvalue weighted by Crippen LogP contribution is 2.42. The van der Waals surface area contributed by atoms with Crippen molar-refractivity contribution >= 4 is 0 Å². The third-order valence-electron chi connectivity index (χ3n) is 5.13. The monoisotopic (exact) mass is 350 g/mol. The van der Waals surface area contributed by atoms with Gasteiger partial charge in [-0.2, -0.15) is 0 Å². The van der Waals surface area contributed by atoms with E-state index < -0.39 is 5.60 Å². The van der Waals surface area contributed by atoms with Gasteiger partial charge in [-0.3, -0.25) is 0 Å². The number of aliphatic hydroxyl groups is 1. The molecule has 27 heavy (non-hydrogen) atoms. The predicted octanol–water partition coefficient (Wildman–Crippen LogP) is 5.95. The van der Waals surface area contributed by atoms with Crippen molar-refractivity contribution in [2.75, 3.05) is 0 Å². The average molecular weight is 350 g/mol. The molecule has 1 atom stereocenters. The zero-order valence-electron chi connectivity index (χ0n) is 15.3. The first-order chi connectivity index (χ1) is 13.2. The Balaban J connectivity index is 2.04. The topological polar surface area (TPSA) is 20.2 Å². The molecule has 1 nitrogen and oxygen atoms in total. The normalized spacial score (nSPS) is 13.1. The third-order valence-corrected chi connectivity index (χ3v) is 5.13. The Hall–Kier alpha value is -3.16. The van der Waals surface area contributed by atoms with Crippen molar-refractivity contribution in [1.29, 1.82) is 0 Å².